The number of esters is 1. The van der Waals surface area contributed by atoms with Crippen molar-refractivity contribution in [2.75, 3.05) is 17.7 Å². The maximum Gasteiger partial charge on any atom is 0.317 e. The maximum atomic E-state index is 12.3. The van der Waals surface area contributed by atoms with Crippen LogP contribution in [-0.4, -0.2) is 30.3 Å². The molecule has 5 nitrogen and oxygen atoms in total. The predicted octanol–water partition coefficient (Wildman–Crippen LogP) is 4.40. The Morgan fingerprint density at radius 3 is 2.54 bits per heavy atom. The van der Waals surface area contributed by atoms with Gasteiger partial charge in [0.05, 0.1) is 18.0 Å². The molecule has 2 aromatic rings. The average Bonchev–Trinajstić information content (AvgIpc) is 2.63. The zero-order valence-electron chi connectivity index (χ0n) is 14.5. The number of carbonyl (C=O) groups is 2. The van der Waals surface area contributed by atoms with Crippen LogP contribution in [0.1, 0.15) is 13.8 Å². The van der Waals surface area contributed by atoms with Crippen molar-refractivity contribution >= 4 is 40.9 Å². The van der Waals surface area contributed by atoms with Gasteiger partial charge in [0.2, 0.25) is 0 Å². The van der Waals surface area contributed by atoms with Crippen molar-refractivity contribution in [3.8, 4) is 5.75 Å². The molecule has 2 rings (SSSR count). The topological polar surface area (TPSA) is 64.6 Å². The van der Waals surface area contributed by atoms with E-state index in [4.69, 9.17) is 21.1 Å². The third-order valence-corrected chi connectivity index (χ3v) is 4.53. The van der Waals surface area contributed by atoms with Gasteiger partial charge in [-0.25, -0.2) is 0 Å². The first-order valence-corrected chi connectivity index (χ1v) is 9.46. The van der Waals surface area contributed by atoms with E-state index in [2.05, 4.69) is 5.32 Å². The molecule has 0 saturated carbocycles. The molecule has 0 aliphatic rings. The molecule has 1 atom stereocenters. The van der Waals surface area contributed by atoms with Gasteiger partial charge in [-0.05, 0) is 50.2 Å². The number of benzene rings is 2. The number of carbonyl (C=O) groups excluding carboxylic acids is 2. The van der Waals surface area contributed by atoms with Crippen molar-refractivity contribution in [3.63, 3.8) is 0 Å². The van der Waals surface area contributed by atoms with Gasteiger partial charge >= 0.3 is 5.97 Å². The van der Waals surface area contributed by atoms with Crippen molar-refractivity contribution in [3.05, 3.63) is 53.6 Å². The Kier molecular flexibility index (Phi) is 7.81. The summed E-state index contributed by atoms with van der Waals surface area (Å²) < 4.78 is 10.7. The second-order valence-corrected chi connectivity index (χ2v) is 6.78. The Hall–Kier alpha value is -2.18. The fourth-order valence-corrected chi connectivity index (χ4v) is 2.85. The van der Waals surface area contributed by atoms with Crippen molar-refractivity contribution in [2.45, 2.75) is 24.8 Å². The van der Waals surface area contributed by atoms with E-state index in [1.54, 1.807) is 30.3 Å². The number of halogens is 1. The highest BCUT2D eigenvalue weighted by atomic mass is 35.5. The molecular weight excluding hydrogens is 374 g/mol. The second kappa shape index (κ2) is 10.1. The van der Waals surface area contributed by atoms with Crippen molar-refractivity contribution < 1.29 is 19.1 Å². The predicted molar refractivity (Wildman–Crippen MR) is 104 cm³/mol. The van der Waals surface area contributed by atoms with Gasteiger partial charge in [0.15, 0.2) is 6.10 Å². The van der Waals surface area contributed by atoms with Crippen LogP contribution in [0, 0.1) is 0 Å². The van der Waals surface area contributed by atoms with E-state index in [1.165, 1.54) is 18.7 Å². The fourth-order valence-electron chi connectivity index (χ4n) is 2.04. The molecular formula is C19H20ClNO4S. The smallest absolute Gasteiger partial charge is 0.317 e. The van der Waals surface area contributed by atoms with E-state index in [-0.39, 0.29) is 5.75 Å². The monoisotopic (exact) mass is 393 g/mol. The highest BCUT2D eigenvalue weighted by molar-refractivity contribution is 8.00. The number of hydrogen-bond donors (Lipinski definition) is 1. The first kappa shape index (κ1) is 20.1. The number of nitrogens with one attached hydrogen (secondary N) is 1. The SMILES string of the molecule is CCOc1ccccc1NC(=O)C(C)OC(=O)CSc1ccc(Cl)cc1. The lowest BCUT2D eigenvalue weighted by Gasteiger charge is -2.15. The summed E-state index contributed by atoms with van der Waals surface area (Å²) in [5.41, 5.74) is 0.540. The summed E-state index contributed by atoms with van der Waals surface area (Å²) in [5.74, 6) is -0.206. The van der Waals surface area contributed by atoms with E-state index in [1.807, 2.05) is 25.1 Å². The van der Waals surface area contributed by atoms with Crippen molar-refractivity contribution in [2.24, 2.45) is 0 Å². The molecule has 0 aliphatic heterocycles. The number of amides is 1. The van der Waals surface area contributed by atoms with Crippen LogP contribution in [-0.2, 0) is 14.3 Å². The summed E-state index contributed by atoms with van der Waals surface area (Å²) >= 11 is 7.14. The number of thioether (sulfide) groups is 1. The van der Waals surface area contributed by atoms with Gasteiger partial charge in [-0.2, -0.15) is 0 Å². The molecule has 0 fully saturated rings. The third kappa shape index (κ3) is 6.28. The van der Waals surface area contributed by atoms with Crippen LogP contribution < -0.4 is 10.1 Å². The molecule has 0 radical (unpaired) electrons. The average molecular weight is 394 g/mol. The van der Waals surface area contributed by atoms with Crippen LogP contribution in [0.25, 0.3) is 0 Å². The molecule has 0 aliphatic carbocycles. The van der Waals surface area contributed by atoms with Crippen molar-refractivity contribution in [1.29, 1.82) is 0 Å². The van der Waals surface area contributed by atoms with Crippen molar-refractivity contribution in [1.82, 2.24) is 0 Å². The summed E-state index contributed by atoms with van der Waals surface area (Å²) in [6.45, 7) is 3.88. The summed E-state index contributed by atoms with van der Waals surface area (Å²) in [5, 5.41) is 3.35. The molecule has 0 bridgehead atoms. The lowest BCUT2D eigenvalue weighted by Crippen LogP contribution is -2.30. The Morgan fingerprint density at radius 2 is 1.85 bits per heavy atom. The zero-order valence-corrected chi connectivity index (χ0v) is 16.1. The quantitative estimate of drug-likeness (QED) is 0.532. The second-order valence-electron chi connectivity index (χ2n) is 5.29. The summed E-state index contributed by atoms with van der Waals surface area (Å²) in [7, 11) is 0. The highest BCUT2D eigenvalue weighted by Gasteiger charge is 2.19. The summed E-state index contributed by atoms with van der Waals surface area (Å²) in [6.07, 6.45) is -0.914. The minimum Gasteiger partial charge on any atom is -0.492 e. The molecule has 7 heteroatoms. The van der Waals surface area contributed by atoms with Gasteiger partial charge in [-0.15, -0.1) is 11.8 Å². The molecule has 1 amide bonds. The molecule has 2 aromatic carbocycles. The Labute approximate surface area is 162 Å². The standard InChI is InChI=1S/C19H20ClNO4S/c1-3-24-17-7-5-4-6-16(17)21-19(23)13(2)25-18(22)12-26-15-10-8-14(20)9-11-15/h4-11,13H,3,12H2,1-2H3,(H,21,23). The van der Waals surface area contributed by atoms with Crippen LogP contribution >= 0.6 is 23.4 Å². The van der Waals surface area contributed by atoms with Gasteiger partial charge in [-0.3, -0.25) is 9.59 Å². The summed E-state index contributed by atoms with van der Waals surface area (Å²) in [4.78, 5) is 25.1. The van der Waals surface area contributed by atoms with E-state index in [0.717, 1.165) is 4.90 Å². The van der Waals surface area contributed by atoms with Crippen LogP contribution in [0.2, 0.25) is 5.02 Å². The van der Waals surface area contributed by atoms with Gasteiger partial charge < -0.3 is 14.8 Å². The van der Waals surface area contributed by atoms with E-state index in [9.17, 15) is 9.59 Å². The number of ether oxygens (including phenoxy) is 2. The molecule has 0 spiro atoms. The lowest BCUT2D eigenvalue weighted by atomic mass is 10.2. The largest absolute Gasteiger partial charge is 0.492 e. The number of anilines is 1. The Morgan fingerprint density at radius 1 is 1.15 bits per heavy atom. The molecule has 138 valence electrons. The first-order chi connectivity index (χ1) is 12.5. The van der Waals surface area contributed by atoms with E-state index < -0.39 is 18.0 Å². The van der Waals surface area contributed by atoms with Crippen LogP contribution in [0.15, 0.2) is 53.4 Å². The minimum absolute atomic E-state index is 0.106. The van der Waals surface area contributed by atoms with Crippen LogP contribution in [0.4, 0.5) is 5.69 Å². The first-order valence-electron chi connectivity index (χ1n) is 8.10. The van der Waals surface area contributed by atoms with Crippen LogP contribution in [0.5, 0.6) is 5.75 Å². The number of para-hydroxylation sites is 2. The normalized spacial score (nSPS) is 11.5. The molecule has 0 heterocycles. The zero-order chi connectivity index (χ0) is 18.9. The summed E-state index contributed by atoms with van der Waals surface area (Å²) in [6, 6.07) is 14.2. The van der Waals surface area contributed by atoms with Gasteiger partial charge in [-0.1, -0.05) is 23.7 Å². The maximum absolute atomic E-state index is 12.3. The molecule has 1 N–H and O–H groups in total. The highest BCUT2D eigenvalue weighted by Crippen LogP contribution is 2.24. The Bertz CT molecular complexity index is 751. The molecule has 0 saturated heterocycles. The number of rotatable bonds is 8. The lowest BCUT2D eigenvalue weighted by molar-refractivity contribution is -0.150. The van der Waals surface area contributed by atoms with E-state index in [0.29, 0.717) is 23.1 Å². The van der Waals surface area contributed by atoms with Gasteiger partial charge in [0.1, 0.15) is 5.75 Å². The third-order valence-electron chi connectivity index (χ3n) is 3.29. The van der Waals surface area contributed by atoms with Crippen LogP contribution in [0.3, 0.4) is 0 Å². The van der Waals surface area contributed by atoms with E-state index >= 15 is 0 Å². The Balaban J connectivity index is 1.84. The van der Waals surface area contributed by atoms with Gasteiger partial charge in [0, 0.05) is 9.92 Å². The number of hydrogen-bond acceptors (Lipinski definition) is 5. The molecule has 0 aromatic heterocycles. The fraction of sp³-hybridized carbons (Fsp3) is 0.263. The minimum atomic E-state index is -0.914. The van der Waals surface area contributed by atoms with Gasteiger partial charge in [0.25, 0.3) is 5.91 Å². The molecule has 1 unspecified atom stereocenters. The molecule has 26 heavy (non-hydrogen) atoms.